The fraction of sp³-hybridized carbons (Fsp3) is 0.471. The number of benzene rings is 1. The third kappa shape index (κ3) is 4.05. The minimum absolute atomic E-state index is 0.121. The molecule has 3 rings (SSSR count). The van der Waals surface area contributed by atoms with Gasteiger partial charge in [-0.2, -0.15) is 0 Å². The van der Waals surface area contributed by atoms with E-state index in [1.807, 2.05) is 36.1 Å². The number of nitrogen functional groups attached to an aromatic ring is 1. The zero-order valence-electron chi connectivity index (χ0n) is 14.9. The highest BCUT2D eigenvalue weighted by Crippen LogP contribution is 2.29. The molecular weight excluding hydrogens is 416 g/mol. The van der Waals surface area contributed by atoms with Crippen LogP contribution >= 0.6 is 27.7 Å². The van der Waals surface area contributed by atoms with E-state index in [2.05, 4.69) is 38.0 Å². The number of nitrogens with two attached hydrogens (primary N) is 1. The molecule has 1 aromatic heterocycles. The third-order valence-electron chi connectivity index (χ3n) is 4.54. The van der Waals surface area contributed by atoms with E-state index >= 15 is 0 Å². The van der Waals surface area contributed by atoms with Gasteiger partial charge < -0.3 is 15.6 Å². The molecule has 9 heteroatoms. The van der Waals surface area contributed by atoms with Crippen LogP contribution in [0.2, 0.25) is 0 Å². The first-order chi connectivity index (χ1) is 12.5. The van der Waals surface area contributed by atoms with Crippen molar-refractivity contribution in [2.45, 2.75) is 24.3 Å². The van der Waals surface area contributed by atoms with Gasteiger partial charge in [0, 0.05) is 36.2 Å². The van der Waals surface area contributed by atoms with Crippen LogP contribution in [0.1, 0.15) is 13.8 Å². The van der Waals surface area contributed by atoms with Crippen LogP contribution in [-0.2, 0) is 4.79 Å². The first-order valence-electron chi connectivity index (χ1n) is 8.64. The summed E-state index contributed by atoms with van der Waals surface area (Å²) in [4.78, 5) is 17.0. The van der Waals surface area contributed by atoms with Crippen LogP contribution in [0.25, 0.3) is 11.4 Å². The summed E-state index contributed by atoms with van der Waals surface area (Å²) in [6.07, 6.45) is 0. The molecule has 1 amide bonds. The second-order valence-electron chi connectivity index (χ2n) is 6.18. The predicted octanol–water partition coefficient (Wildman–Crippen LogP) is 2.07. The van der Waals surface area contributed by atoms with Crippen molar-refractivity contribution in [3.63, 3.8) is 0 Å². The number of amides is 1. The fourth-order valence-corrected chi connectivity index (χ4v) is 4.25. The molecule has 1 saturated heterocycles. The van der Waals surface area contributed by atoms with Crippen LogP contribution in [0.5, 0.6) is 0 Å². The molecule has 2 aromatic rings. The summed E-state index contributed by atoms with van der Waals surface area (Å²) in [5.41, 5.74) is 0.865. The Bertz CT molecular complexity index is 774. The number of thioether (sulfide) groups is 1. The highest BCUT2D eigenvalue weighted by atomic mass is 79.9. The number of piperazine rings is 1. The molecule has 1 fully saturated rings. The molecule has 26 heavy (non-hydrogen) atoms. The van der Waals surface area contributed by atoms with Crippen LogP contribution in [-0.4, -0.2) is 68.6 Å². The van der Waals surface area contributed by atoms with E-state index in [0.717, 1.165) is 42.8 Å². The Kier molecular flexibility index (Phi) is 6.20. The molecule has 0 radical (unpaired) electrons. The molecule has 1 unspecified atom stereocenters. The zero-order chi connectivity index (χ0) is 18.7. The Labute approximate surface area is 166 Å². The van der Waals surface area contributed by atoms with Crippen molar-refractivity contribution in [1.29, 1.82) is 0 Å². The quantitative estimate of drug-likeness (QED) is 0.568. The highest BCUT2D eigenvalue weighted by molar-refractivity contribution is 9.10. The molecule has 1 aliphatic heterocycles. The molecular formula is C17H23BrN6OS. The van der Waals surface area contributed by atoms with Crippen molar-refractivity contribution < 1.29 is 4.79 Å². The van der Waals surface area contributed by atoms with Gasteiger partial charge in [-0.15, -0.1) is 10.2 Å². The first-order valence-corrected chi connectivity index (χ1v) is 10.3. The lowest BCUT2D eigenvalue weighted by molar-refractivity contribution is -0.132. The van der Waals surface area contributed by atoms with E-state index in [-0.39, 0.29) is 11.2 Å². The summed E-state index contributed by atoms with van der Waals surface area (Å²) in [6.45, 7) is 8.47. The minimum Gasteiger partial charge on any atom is -0.339 e. The lowest BCUT2D eigenvalue weighted by Gasteiger charge is -2.35. The number of carbonyl (C=O) groups excluding carboxylic acids is 1. The number of hydrogen-bond acceptors (Lipinski definition) is 6. The van der Waals surface area contributed by atoms with E-state index in [1.165, 1.54) is 16.4 Å². The molecule has 0 spiro atoms. The van der Waals surface area contributed by atoms with Crippen LogP contribution < -0.4 is 5.84 Å². The van der Waals surface area contributed by atoms with Gasteiger partial charge >= 0.3 is 0 Å². The second-order valence-corrected chi connectivity index (χ2v) is 8.34. The molecule has 1 aliphatic rings. The summed E-state index contributed by atoms with van der Waals surface area (Å²) in [5, 5.41) is 8.64. The van der Waals surface area contributed by atoms with Crippen LogP contribution in [0.15, 0.2) is 33.9 Å². The largest absolute Gasteiger partial charge is 0.339 e. The van der Waals surface area contributed by atoms with Crippen LogP contribution in [0.3, 0.4) is 0 Å². The number of rotatable bonds is 5. The van der Waals surface area contributed by atoms with Crippen molar-refractivity contribution in [3.05, 3.63) is 28.7 Å². The van der Waals surface area contributed by atoms with Gasteiger partial charge in [-0.25, -0.2) is 4.68 Å². The Morgan fingerprint density at radius 3 is 2.62 bits per heavy atom. The smallest absolute Gasteiger partial charge is 0.235 e. The molecule has 0 saturated carbocycles. The Hall–Kier alpha value is -1.58. The Morgan fingerprint density at radius 1 is 1.27 bits per heavy atom. The number of hydrogen-bond donors (Lipinski definition) is 1. The maximum Gasteiger partial charge on any atom is 0.235 e. The summed E-state index contributed by atoms with van der Waals surface area (Å²) >= 11 is 4.85. The Morgan fingerprint density at radius 2 is 1.96 bits per heavy atom. The summed E-state index contributed by atoms with van der Waals surface area (Å²) in [7, 11) is 0. The number of nitrogens with zero attached hydrogens (tertiary/aromatic N) is 5. The van der Waals surface area contributed by atoms with Gasteiger partial charge in [-0.1, -0.05) is 46.7 Å². The van der Waals surface area contributed by atoms with E-state index in [0.29, 0.717) is 11.0 Å². The van der Waals surface area contributed by atoms with E-state index < -0.39 is 0 Å². The SMILES string of the molecule is CCN1CCN(C(=O)C(C)Sc2nnc(-c3ccccc3Br)n2N)CC1. The Balaban J connectivity index is 1.68. The monoisotopic (exact) mass is 438 g/mol. The van der Waals surface area contributed by atoms with Gasteiger partial charge in [-0.3, -0.25) is 4.79 Å². The fourth-order valence-electron chi connectivity index (χ4n) is 2.93. The lowest BCUT2D eigenvalue weighted by Crippen LogP contribution is -2.50. The van der Waals surface area contributed by atoms with Crippen LogP contribution in [0.4, 0.5) is 0 Å². The second kappa shape index (κ2) is 8.41. The molecule has 2 heterocycles. The maximum atomic E-state index is 12.7. The highest BCUT2D eigenvalue weighted by Gasteiger charge is 2.27. The minimum atomic E-state index is -0.262. The molecule has 1 aromatic carbocycles. The van der Waals surface area contributed by atoms with Crippen LogP contribution in [0, 0.1) is 0 Å². The van der Waals surface area contributed by atoms with E-state index in [4.69, 9.17) is 5.84 Å². The standard InChI is InChI=1S/C17H23BrN6OS/c1-3-22-8-10-23(11-9-22)16(25)12(2)26-17-21-20-15(24(17)19)13-6-4-5-7-14(13)18/h4-7,12H,3,8-11,19H2,1-2H3. The van der Waals surface area contributed by atoms with Gasteiger partial charge in [-0.05, 0) is 25.6 Å². The number of aromatic nitrogens is 3. The van der Waals surface area contributed by atoms with Crippen molar-refractivity contribution in [1.82, 2.24) is 24.7 Å². The molecule has 1 atom stereocenters. The van der Waals surface area contributed by atoms with Gasteiger partial charge in [0.25, 0.3) is 0 Å². The third-order valence-corrected chi connectivity index (χ3v) is 6.28. The summed E-state index contributed by atoms with van der Waals surface area (Å²) in [5.74, 6) is 6.87. The summed E-state index contributed by atoms with van der Waals surface area (Å²) in [6, 6.07) is 7.70. The molecule has 0 bridgehead atoms. The number of likely N-dealkylation sites (N-methyl/N-ethyl adjacent to an activating group) is 1. The van der Waals surface area contributed by atoms with Crippen molar-refractivity contribution in [2.24, 2.45) is 0 Å². The van der Waals surface area contributed by atoms with Gasteiger partial charge in [0.05, 0.1) is 5.25 Å². The van der Waals surface area contributed by atoms with Gasteiger partial charge in [0.15, 0.2) is 5.82 Å². The average molecular weight is 439 g/mol. The maximum absolute atomic E-state index is 12.7. The predicted molar refractivity (Wildman–Crippen MR) is 107 cm³/mol. The van der Waals surface area contributed by atoms with Crippen molar-refractivity contribution in [3.8, 4) is 11.4 Å². The van der Waals surface area contributed by atoms with Gasteiger partial charge in [0.1, 0.15) is 0 Å². The van der Waals surface area contributed by atoms with Gasteiger partial charge in [0.2, 0.25) is 11.1 Å². The molecule has 140 valence electrons. The van der Waals surface area contributed by atoms with E-state index in [9.17, 15) is 4.79 Å². The topological polar surface area (TPSA) is 80.3 Å². The molecule has 0 aliphatic carbocycles. The number of carbonyl (C=O) groups is 1. The summed E-state index contributed by atoms with van der Waals surface area (Å²) < 4.78 is 2.34. The first kappa shape index (κ1) is 19.2. The normalized spacial score (nSPS) is 16.7. The zero-order valence-corrected chi connectivity index (χ0v) is 17.3. The molecule has 2 N–H and O–H groups in total. The van der Waals surface area contributed by atoms with Crippen molar-refractivity contribution in [2.75, 3.05) is 38.6 Å². The number of halogens is 1. The molecule has 7 nitrogen and oxygen atoms in total. The lowest BCUT2D eigenvalue weighted by atomic mass is 10.2. The van der Waals surface area contributed by atoms with E-state index in [1.54, 1.807) is 0 Å². The van der Waals surface area contributed by atoms with Crippen molar-refractivity contribution >= 4 is 33.6 Å². The average Bonchev–Trinajstić information content (AvgIpc) is 3.02.